The van der Waals surface area contributed by atoms with E-state index in [1.807, 2.05) is 36.5 Å². The molecular weight excluding hydrogens is 893 g/mol. The van der Waals surface area contributed by atoms with Gasteiger partial charge in [0.05, 0.1) is 58.3 Å². The molecule has 374 valence electrons. The number of benzene rings is 2. The van der Waals surface area contributed by atoms with Crippen molar-refractivity contribution in [3.63, 3.8) is 0 Å². The third kappa shape index (κ3) is 13.2. The van der Waals surface area contributed by atoms with E-state index < -0.39 is 24.2 Å². The number of aryl methyl sites for hydroxylation is 1. The lowest BCUT2D eigenvalue weighted by atomic mass is 9.83. The van der Waals surface area contributed by atoms with Gasteiger partial charge in [0, 0.05) is 64.6 Å². The molecule has 0 radical (unpaired) electrons. The number of aromatic amines is 1. The minimum atomic E-state index is -0.820. The first-order chi connectivity index (χ1) is 34.2. The van der Waals surface area contributed by atoms with Gasteiger partial charge in [-0.25, -0.2) is 4.98 Å². The molecule has 17 nitrogen and oxygen atoms in total. The molecule has 2 fully saturated rings. The second-order valence-corrected chi connectivity index (χ2v) is 18.5. The number of aromatic nitrogens is 3. The van der Waals surface area contributed by atoms with Crippen LogP contribution < -0.4 is 26.0 Å². The number of ether oxygens (including phenoxy) is 5. The monoisotopic (exact) mass is 961 g/mol. The van der Waals surface area contributed by atoms with Crippen molar-refractivity contribution in [2.45, 2.75) is 94.9 Å². The molecule has 0 spiro atoms. The van der Waals surface area contributed by atoms with Crippen molar-refractivity contribution in [2.24, 2.45) is 5.92 Å². The lowest BCUT2D eigenvalue weighted by Crippen LogP contribution is -2.58. The van der Waals surface area contributed by atoms with Crippen molar-refractivity contribution >= 4 is 45.4 Å². The predicted molar refractivity (Wildman–Crippen MR) is 265 cm³/mol. The number of likely N-dealkylation sites (N-methyl/N-ethyl adjacent to an activating group) is 1. The summed E-state index contributed by atoms with van der Waals surface area (Å²) in [5, 5.41) is 14.5. The highest BCUT2D eigenvalue weighted by molar-refractivity contribution is 6.07. The van der Waals surface area contributed by atoms with Crippen molar-refractivity contribution in [3.8, 4) is 17.0 Å². The van der Waals surface area contributed by atoms with Gasteiger partial charge in [0.15, 0.2) is 0 Å². The Morgan fingerprint density at radius 2 is 1.51 bits per heavy atom. The van der Waals surface area contributed by atoms with Crippen LogP contribution in [-0.2, 0) is 44.5 Å². The van der Waals surface area contributed by atoms with E-state index in [0.717, 1.165) is 89.9 Å². The average Bonchev–Trinajstić information content (AvgIpc) is 3.99. The molecule has 0 unspecified atom stereocenters. The molecule has 4 amide bonds. The fraction of sp³-hybridized carbons (Fsp3) is 0.509. The first-order valence-electron chi connectivity index (χ1n) is 25.0. The van der Waals surface area contributed by atoms with Gasteiger partial charge in [-0.3, -0.25) is 24.2 Å². The summed E-state index contributed by atoms with van der Waals surface area (Å²) in [7, 11) is 1.70. The molecule has 1 saturated carbocycles. The number of hydrogen-bond acceptors (Lipinski definition) is 12. The van der Waals surface area contributed by atoms with Gasteiger partial charge in [0.1, 0.15) is 25.3 Å². The van der Waals surface area contributed by atoms with E-state index in [4.69, 9.17) is 23.7 Å². The standard InChI is InChI=1S/C53H68N8O9/c1-35(54-2)51(63)60-50(37-10-4-3-5-11-37)53(65)61-33-40(30-47(61)52(64)59-44-14-8-12-36-9-6-7-13-41(36)44)57-48(62)34-69-26-25-67-22-21-66-23-24-68-27-28-70-49-18-16-39(31-56-49)38-15-17-42-43-32-55-20-19-45(43)58-46(42)29-38/h6-7,9,13,15-20,29,31-32,35,37,40,44,47,50,54,58H,3-5,8,10-12,14,21-28,30,33-34H2,1-2H3,(H,57,62)(H,59,64)(H,60,63)/t35-,40-,44+,47-,50-/m0/s1. The Morgan fingerprint density at radius 3 is 2.27 bits per heavy atom. The number of nitrogens with one attached hydrogen (secondary N) is 5. The molecular formula is C53H68N8O9. The van der Waals surface area contributed by atoms with Gasteiger partial charge in [-0.1, -0.05) is 55.7 Å². The number of hydrogen-bond donors (Lipinski definition) is 5. The molecule has 3 aliphatic rings. The summed E-state index contributed by atoms with van der Waals surface area (Å²) < 4.78 is 28.3. The first-order valence-corrected chi connectivity index (χ1v) is 25.0. The van der Waals surface area contributed by atoms with Gasteiger partial charge in [-0.15, -0.1) is 0 Å². The number of rotatable bonds is 24. The second kappa shape index (κ2) is 25.2. The van der Waals surface area contributed by atoms with Crippen LogP contribution in [0, 0.1) is 5.92 Å². The number of likely N-dealkylation sites (tertiary alicyclic amines) is 1. The maximum atomic E-state index is 14.6. The molecule has 3 aromatic heterocycles. The van der Waals surface area contributed by atoms with Crippen molar-refractivity contribution in [2.75, 3.05) is 73.1 Å². The number of carbonyl (C=O) groups excluding carboxylic acids is 4. The minimum Gasteiger partial charge on any atom is -0.475 e. The van der Waals surface area contributed by atoms with Crippen LogP contribution in [0.25, 0.3) is 32.9 Å². The van der Waals surface area contributed by atoms with E-state index in [0.29, 0.717) is 45.5 Å². The van der Waals surface area contributed by atoms with Crippen molar-refractivity contribution in [1.29, 1.82) is 0 Å². The van der Waals surface area contributed by atoms with E-state index in [9.17, 15) is 19.2 Å². The molecule has 8 rings (SSSR count). The number of fused-ring (bicyclic) bond motifs is 4. The summed E-state index contributed by atoms with van der Waals surface area (Å²) in [6, 6.07) is 17.5. The summed E-state index contributed by atoms with van der Waals surface area (Å²) in [5.41, 5.74) is 6.46. The molecule has 0 bridgehead atoms. The highest BCUT2D eigenvalue weighted by atomic mass is 16.6. The molecule has 17 heteroatoms. The van der Waals surface area contributed by atoms with E-state index in [-0.39, 0.29) is 68.4 Å². The van der Waals surface area contributed by atoms with Crippen LogP contribution in [0.4, 0.5) is 0 Å². The number of H-pyrrole nitrogens is 1. The molecule has 5 aromatic rings. The highest BCUT2D eigenvalue weighted by Crippen LogP contribution is 2.33. The van der Waals surface area contributed by atoms with Crippen LogP contribution in [-0.4, -0.2) is 141 Å². The van der Waals surface area contributed by atoms with Crippen LogP contribution in [0.15, 0.2) is 79.3 Å². The molecule has 2 aromatic carbocycles. The van der Waals surface area contributed by atoms with Gasteiger partial charge in [-0.05, 0) is 93.3 Å². The molecule has 70 heavy (non-hydrogen) atoms. The fourth-order valence-corrected chi connectivity index (χ4v) is 9.90. The van der Waals surface area contributed by atoms with Crippen molar-refractivity contribution in [1.82, 2.24) is 41.1 Å². The van der Waals surface area contributed by atoms with E-state index >= 15 is 0 Å². The topological polar surface area (TPSA) is 207 Å². The van der Waals surface area contributed by atoms with Crippen LogP contribution in [0.1, 0.15) is 75.5 Å². The maximum Gasteiger partial charge on any atom is 0.246 e. The maximum absolute atomic E-state index is 14.6. The van der Waals surface area contributed by atoms with Crippen LogP contribution in [0.2, 0.25) is 0 Å². The Balaban J connectivity index is 0.710. The molecule has 4 heterocycles. The highest BCUT2D eigenvalue weighted by Gasteiger charge is 2.45. The van der Waals surface area contributed by atoms with Gasteiger partial charge < -0.3 is 54.8 Å². The third-order valence-corrected chi connectivity index (χ3v) is 13.7. The number of pyridine rings is 2. The zero-order valence-corrected chi connectivity index (χ0v) is 40.4. The van der Waals surface area contributed by atoms with Gasteiger partial charge in [0.2, 0.25) is 29.5 Å². The fourth-order valence-electron chi connectivity index (χ4n) is 9.90. The third-order valence-electron chi connectivity index (χ3n) is 13.7. The first kappa shape index (κ1) is 50.4. The Labute approximate surface area is 409 Å². The Bertz CT molecular complexity index is 2510. The Hall–Kier alpha value is -5.98. The Kier molecular flexibility index (Phi) is 18.2. The smallest absolute Gasteiger partial charge is 0.246 e. The SMILES string of the molecule is CN[C@@H](C)C(=O)N[C@H](C(=O)N1C[C@@H](NC(=O)COCCOCCOCCOCCOc2ccc(-c3ccc4c(c3)[nH]c3ccncc34)cn2)C[C@H]1C(=O)N[C@@H]1CCCc2ccccc21)C1CCCCC1. The summed E-state index contributed by atoms with van der Waals surface area (Å²) in [6.07, 6.45) is 13.1. The van der Waals surface area contributed by atoms with E-state index in [2.05, 4.69) is 66.6 Å². The largest absolute Gasteiger partial charge is 0.475 e. The average molecular weight is 961 g/mol. The summed E-state index contributed by atoms with van der Waals surface area (Å²) in [5.74, 6) is -0.681. The van der Waals surface area contributed by atoms with Crippen molar-refractivity contribution < 1.29 is 42.9 Å². The molecule has 5 N–H and O–H groups in total. The zero-order chi connectivity index (χ0) is 48.7. The van der Waals surface area contributed by atoms with Crippen LogP contribution >= 0.6 is 0 Å². The van der Waals surface area contributed by atoms with E-state index in [1.165, 1.54) is 5.56 Å². The van der Waals surface area contributed by atoms with Gasteiger partial charge >= 0.3 is 0 Å². The van der Waals surface area contributed by atoms with Crippen molar-refractivity contribution in [3.05, 3.63) is 90.4 Å². The molecule has 2 aliphatic carbocycles. The molecule has 1 saturated heterocycles. The number of amides is 4. The predicted octanol–water partition coefficient (Wildman–Crippen LogP) is 5.18. The van der Waals surface area contributed by atoms with E-state index in [1.54, 1.807) is 31.3 Å². The molecule has 1 aliphatic heterocycles. The minimum absolute atomic E-state index is 0.0438. The lowest BCUT2D eigenvalue weighted by Gasteiger charge is -2.35. The molecule has 5 atom stereocenters. The van der Waals surface area contributed by atoms with Crippen LogP contribution in [0.3, 0.4) is 0 Å². The second-order valence-electron chi connectivity index (χ2n) is 18.5. The lowest BCUT2D eigenvalue weighted by molar-refractivity contribution is -0.143. The summed E-state index contributed by atoms with van der Waals surface area (Å²) in [6.45, 7) is 4.44. The van der Waals surface area contributed by atoms with Gasteiger partial charge in [-0.2, -0.15) is 0 Å². The van der Waals surface area contributed by atoms with Crippen LogP contribution in [0.5, 0.6) is 5.88 Å². The Morgan fingerprint density at radius 1 is 0.771 bits per heavy atom. The normalized spacial score (nSPS) is 19.1. The number of nitrogens with zero attached hydrogens (tertiary/aromatic N) is 3. The van der Waals surface area contributed by atoms with Gasteiger partial charge in [0.25, 0.3) is 0 Å². The summed E-state index contributed by atoms with van der Waals surface area (Å²) in [4.78, 5) is 68.9. The zero-order valence-electron chi connectivity index (χ0n) is 40.4. The number of carbonyl (C=O) groups is 4. The summed E-state index contributed by atoms with van der Waals surface area (Å²) >= 11 is 0. The quantitative estimate of drug-likeness (QED) is 0.0508.